The Morgan fingerprint density at radius 2 is 2.08 bits per heavy atom. The molecule has 1 atom stereocenters. The SMILES string of the molecule is C.CC(=O)NC[C@H]1CN(c2ccc(N3CCOCC3)c(F)c2)C(=O)O1. The van der Waals surface area contributed by atoms with E-state index in [9.17, 15) is 14.0 Å². The minimum atomic E-state index is -0.538. The van der Waals surface area contributed by atoms with Gasteiger partial charge in [0.05, 0.1) is 37.7 Å². The van der Waals surface area contributed by atoms with Crippen LogP contribution in [0.3, 0.4) is 0 Å². The Labute approximate surface area is 146 Å². The molecule has 2 heterocycles. The lowest BCUT2D eigenvalue weighted by Gasteiger charge is -2.29. The standard InChI is InChI=1S/C16H20FN3O4.CH4/c1-11(21)18-9-13-10-20(16(22)24-13)12-2-3-15(14(17)8-12)19-4-6-23-7-5-19;/h2-3,8,13H,4-7,9-10H2,1H3,(H,18,21);1H4/t13-;/m0./s1. The van der Waals surface area contributed by atoms with E-state index < -0.39 is 12.2 Å². The molecule has 0 aliphatic carbocycles. The van der Waals surface area contributed by atoms with E-state index in [1.807, 2.05) is 4.90 Å². The molecule has 25 heavy (non-hydrogen) atoms. The van der Waals surface area contributed by atoms with Gasteiger partial charge >= 0.3 is 6.09 Å². The average Bonchev–Trinajstić information content (AvgIpc) is 2.94. The van der Waals surface area contributed by atoms with Crippen LogP contribution < -0.4 is 15.1 Å². The molecule has 2 amide bonds. The zero-order valence-electron chi connectivity index (χ0n) is 13.5. The molecule has 1 N–H and O–H groups in total. The number of morpholine rings is 1. The second-order valence-electron chi connectivity index (χ2n) is 5.79. The van der Waals surface area contributed by atoms with Gasteiger partial charge in [-0.15, -0.1) is 0 Å². The molecule has 0 aromatic heterocycles. The number of amides is 2. The topological polar surface area (TPSA) is 71.1 Å². The van der Waals surface area contributed by atoms with E-state index in [1.54, 1.807) is 12.1 Å². The van der Waals surface area contributed by atoms with Crippen molar-refractivity contribution in [3.8, 4) is 0 Å². The van der Waals surface area contributed by atoms with Crippen LogP contribution >= 0.6 is 0 Å². The van der Waals surface area contributed by atoms with Crippen molar-refractivity contribution in [1.29, 1.82) is 0 Å². The van der Waals surface area contributed by atoms with Gasteiger partial charge in [0.15, 0.2) is 0 Å². The van der Waals surface area contributed by atoms with Crippen molar-refractivity contribution in [3.05, 3.63) is 24.0 Å². The fourth-order valence-corrected chi connectivity index (χ4v) is 2.82. The predicted molar refractivity (Wildman–Crippen MR) is 92.5 cm³/mol. The number of nitrogens with zero attached hydrogens (tertiary/aromatic N) is 2. The lowest BCUT2D eigenvalue weighted by Crippen LogP contribution is -2.36. The highest BCUT2D eigenvalue weighted by Gasteiger charge is 2.32. The Hall–Kier alpha value is -2.35. The molecule has 8 heteroatoms. The summed E-state index contributed by atoms with van der Waals surface area (Å²) in [6, 6.07) is 4.72. The van der Waals surface area contributed by atoms with Crippen LogP contribution in [0.4, 0.5) is 20.6 Å². The van der Waals surface area contributed by atoms with Crippen molar-refractivity contribution < 1.29 is 23.5 Å². The van der Waals surface area contributed by atoms with Gasteiger partial charge in [-0.25, -0.2) is 9.18 Å². The van der Waals surface area contributed by atoms with E-state index in [4.69, 9.17) is 9.47 Å². The van der Waals surface area contributed by atoms with Gasteiger partial charge in [0.2, 0.25) is 5.91 Å². The lowest BCUT2D eigenvalue weighted by molar-refractivity contribution is -0.119. The monoisotopic (exact) mass is 353 g/mol. The van der Waals surface area contributed by atoms with Gasteiger partial charge in [0, 0.05) is 20.0 Å². The van der Waals surface area contributed by atoms with Crippen molar-refractivity contribution in [3.63, 3.8) is 0 Å². The van der Waals surface area contributed by atoms with Gasteiger partial charge < -0.3 is 19.7 Å². The molecule has 3 rings (SSSR count). The highest BCUT2D eigenvalue weighted by molar-refractivity contribution is 5.90. The first-order chi connectivity index (χ1) is 11.5. The summed E-state index contributed by atoms with van der Waals surface area (Å²) in [7, 11) is 0. The quantitative estimate of drug-likeness (QED) is 0.893. The number of benzene rings is 1. The van der Waals surface area contributed by atoms with Gasteiger partial charge in [-0.1, -0.05) is 7.43 Å². The summed E-state index contributed by atoms with van der Waals surface area (Å²) in [6.45, 7) is 4.34. The number of halogens is 1. The Bertz CT molecular complexity index is 634. The predicted octanol–water partition coefficient (Wildman–Crippen LogP) is 1.76. The summed E-state index contributed by atoms with van der Waals surface area (Å²) in [5.74, 6) is -0.571. The molecular formula is C17H24FN3O4. The summed E-state index contributed by atoms with van der Waals surface area (Å²) < 4.78 is 24.9. The number of carbonyl (C=O) groups is 2. The zero-order chi connectivity index (χ0) is 17.1. The molecule has 7 nitrogen and oxygen atoms in total. The van der Waals surface area contributed by atoms with Crippen LogP contribution in [-0.2, 0) is 14.3 Å². The molecular weight excluding hydrogens is 329 g/mol. The Morgan fingerprint density at radius 1 is 1.36 bits per heavy atom. The van der Waals surface area contributed by atoms with Crippen LogP contribution in [0.1, 0.15) is 14.4 Å². The van der Waals surface area contributed by atoms with E-state index in [-0.39, 0.29) is 32.2 Å². The maximum absolute atomic E-state index is 14.4. The first kappa shape index (κ1) is 19.0. The summed E-state index contributed by atoms with van der Waals surface area (Å²) in [4.78, 5) is 26.2. The third-order valence-electron chi connectivity index (χ3n) is 4.05. The summed E-state index contributed by atoms with van der Waals surface area (Å²) in [6.07, 6.45) is -0.979. The Balaban J connectivity index is 0.00000225. The fraction of sp³-hybridized carbons (Fsp3) is 0.529. The first-order valence-electron chi connectivity index (χ1n) is 7.89. The molecule has 0 saturated carbocycles. The van der Waals surface area contributed by atoms with E-state index in [0.29, 0.717) is 37.7 Å². The third-order valence-corrected chi connectivity index (χ3v) is 4.05. The summed E-state index contributed by atoms with van der Waals surface area (Å²) in [5, 5.41) is 2.61. The third kappa shape index (κ3) is 4.39. The molecule has 138 valence electrons. The number of carbonyl (C=O) groups excluding carboxylic acids is 2. The molecule has 0 bridgehead atoms. The molecule has 0 spiro atoms. The van der Waals surface area contributed by atoms with Gasteiger partial charge in [0.1, 0.15) is 11.9 Å². The normalized spacial score (nSPS) is 20.1. The van der Waals surface area contributed by atoms with Crippen molar-refractivity contribution in [1.82, 2.24) is 5.32 Å². The number of rotatable bonds is 4. The van der Waals surface area contributed by atoms with E-state index in [2.05, 4.69) is 5.32 Å². The highest BCUT2D eigenvalue weighted by Crippen LogP contribution is 2.28. The van der Waals surface area contributed by atoms with Crippen molar-refractivity contribution >= 4 is 23.4 Å². The van der Waals surface area contributed by atoms with Crippen LogP contribution in [0.2, 0.25) is 0 Å². The largest absolute Gasteiger partial charge is 0.442 e. The van der Waals surface area contributed by atoms with Crippen LogP contribution in [0, 0.1) is 5.82 Å². The number of cyclic esters (lactones) is 1. The maximum Gasteiger partial charge on any atom is 0.414 e. The maximum atomic E-state index is 14.4. The molecule has 0 unspecified atom stereocenters. The van der Waals surface area contributed by atoms with Crippen molar-refractivity contribution in [2.75, 3.05) is 49.2 Å². The summed E-state index contributed by atoms with van der Waals surface area (Å²) in [5.41, 5.74) is 0.948. The number of ether oxygens (including phenoxy) is 2. The van der Waals surface area contributed by atoms with Gasteiger partial charge in [-0.3, -0.25) is 9.69 Å². The molecule has 2 fully saturated rings. The molecule has 1 aromatic carbocycles. The minimum Gasteiger partial charge on any atom is -0.442 e. The van der Waals surface area contributed by atoms with Crippen LogP contribution in [0.25, 0.3) is 0 Å². The zero-order valence-corrected chi connectivity index (χ0v) is 13.5. The lowest BCUT2D eigenvalue weighted by atomic mass is 10.2. The first-order valence-corrected chi connectivity index (χ1v) is 7.89. The minimum absolute atomic E-state index is 0. The molecule has 2 saturated heterocycles. The summed E-state index contributed by atoms with van der Waals surface area (Å²) >= 11 is 0. The van der Waals surface area contributed by atoms with Gasteiger partial charge in [-0.05, 0) is 18.2 Å². The molecule has 2 aliphatic heterocycles. The van der Waals surface area contributed by atoms with E-state index in [1.165, 1.54) is 17.9 Å². The smallest absolute Gasteiger partial charge is 0.414 e. The van der Waals surface area contributed by atoms with E-state index in [0.717, 1.165) is 0 Å². The van der Waals surface area contributed by atoms with Crippen LogP contribution in [0.15, 0.2) is 18.2 Å². The molecule has 1 aromatic rings. The number of anilines is 2. The molecule has 0 radical (unpaired) electrons. The number of nitrogens with one attached hydrogen (secondary N) is 1. The fourth-order valence-electron chi connectivity index (χ4n) is 2.82. The second-order valence-corrected chi connectivity index (χ2v) is 5.79. The Morgan fingerprint density at radius 3 is 2.72 bits per heavy atom. The number of hydrogen-bond acceptors (Lipinski definition) is 5. The second kappa shape index (κ2) is 8.15. The molecule has 2 aliphatic rings. The van der Waals surface area contributed by atoms with Crippen LogP contribution in [0.5, 0.6) is 0 Å². The Kier molecular flexibility index (Phi) is 6.19. The van der Waals surface area contributed by atoms with Crippen LogP contribution in [-0.4, -0.2) is 57.5 Å². The van der Waals surface area contributed by atoms with Crippen molar-refractivity contribution in [2.24, 2.45) is 0 Å². The highest BCUT2D eigenvalue weighted by atomic mass is 19.1. The van der Waals surface area contributed by atoms with E-state index >= 15 is 0 Å². The van der Waals surface area contributed by atoms with Crippen molar-refractivity contribution in [2.45, 2.75) is 20.5 Å². The van der Waals surface area contributed by atoms with Gasteiger partial charge in [-0.2, -0.15) is 0 Å². The van der Waals surface area contributed by atoms with Gasteiger partial charge in [0.25, 0.3) is 0 Å². The average molecular weight is 353 g/mol. The number of hydrogen-bond donors (Lipinski definition) is 1.